The first kappa shape index (κ1) is 14.9. The highest BCUT2D eigenvalue weighted by Crippen LogP contribution is 2.24. The average molecular weight is 288 g/mol. The second-order valence-corrected chi connectivity index (χ2v) is 6.57. The van der Waals surface area contributed by atoms with Gasteiger partial charge >= 0.3 is 0 Å². The van der Waals surface area contributed by atoms with Crippen LogP contribution in [0, 0.1) is 12.8 Å². The van der Waals surface area contributed by atoms with Gasteiger partial charge in [-0.2, -0.15) is 0 Å². The van der Waals surface area contributed by atoms with Crippen molar-refractivity contribution in [3.63, 3.8) is 0 Å². The zero-order valence-electron chi connectivity index (χ0n) is 13.2. The molecule has 116 valence electrons. The van der Waals surface area contributed by atoms with Crippen LogP contribution in [0.25, 0.3) is 0 Å². The van der Waals surface area contributed by atoms with Gasteiger partial charge in [0.1, 0.15) is 12.4 Å². The largest absolute Gasteiger partial charge is 0.492 e. The number of nitrogens with zero attached hydrogens (tertiary/aromatic N) is 1. The van der Waals surface area contributed by atoms with E-state index in [0.29, 0.717) is 0 Å². The molecular formula is C18H28N2O. The highest BCUT2D eigenvalue weighted by atomic mass is 16.5. The van der Waals surface area contributed by atoms with E-state index in [1.165, 1.54) is 50.9 Å². The third kappa shape index (κ3) is 4.21. The van der Waals surface area contributed by atoms with Gasteiger partial charge in [-0.1, -0.05) is 17.7 Å². The summed E-state index contributed by atoms with van der Waals surface area (Å²) in [5.41, 5.74) is 1.28. The Morgan fingerprint density at radius 1 is 1.19 bits per heavy atom. The van der Waals surface area contributed by atoms with Crippen LogP contribution in [0.2, 0.25) is 0 Å². The summed E-state index contributed by atoms with van der Waals surface area (Å²) >= 11 is 0. The van der Waals surface area contributed by atoms with Gasteiger partial charge in [-0.3, -0.25) is 4.90 Å². The minimum absolute atomic E-state index is 0.769. The van der Waals surface area contributed by atoms with Crippen molar-refractivity contribution < 1.29 is 4.74 Å². The van der Waals surface area contributed by atoms with Gasteiger partial charge in [-0.05, 0) is 63.7 Å². The predicted molar refractivity (Wildman–Crippen MR) is 86.9 cm³/mol. The summed E-state index contributed by atoms with van der Waals surface area (Å²) in [6.45, 7) is 7.66. The number of rotatable bonds is 5. The van der Waals surface area contributed by atoms with Gasteiger partial charge < -0.3 is 10.1 Å². The van der Waals surface area contributed by atoms with Gasteiger partial charge in [0.05, 0.1) is 0 Å². The van der Waals surface area contributed by atoms with Gasteiger partial charge in [0, 0.05) is 19.1 Å². The number of piperidine rings is 1. The Labute approximate surface area is 128 Å². The van der Waals surface area contributed by atoms with E-state index in [1.54, 1.807) is 0 Å². The lowest BCUT2D eigenvalue weighted by Gasteiger charge is -2.35. The summed E-state index contributed by atoms with van der Waals surface area (Å²) < 4.78 is 5.87. The molecule has 2 fully saturated rings. The van der Waals surface area contributed by atoms with Crippen LogP contribution >= 0.6 is 0 Å². The molecule has 3 heteroatoms. The number of ether oxygens (including phenoxy) is 1. The van der Waals surface area contributed by atoms with Crippen LogP contribution in [0.3, 0.4) is 0 Å². The second-order valence-electron chi connectivity index (χ2n) is 6.57. The fourth-order valence-corrected chi connectivity index (χ4v) is 3.66. The average Bonchev–Trinajstić information content (AvgIpc) is 3.04. The summed E-state index contributed by atoms with van der Waals surface area (Å²) in [6, 6.07) is 9.12. The van der Waals surface area contributed by atoms with Crippen molar-refractivity contribution in [1.29, 1.82) is 0 Å². The third-order valence-corrected chi connectivity index (χ3v) is 4.91. The summed E-state index contributed by atoms with van der Waals surface area (Å²) in [4.78, 5) is 2.59. The Kier molecular flexibility index (Phi) is 5.15. The van der Waals surface area contributed by atoms with Crippen molar-refractivity contribution in [3.8, 4) is 5.75 Å². The Bertz CT molecular complexity index is 425. The zero-order valence-corrected chi connectivity index (χ0v) is 13.2. The van der Waals surface area contributed by atoms with Crippen molar-refractivity contribution in [2.75, 3.05) is 32.8 Å². The summed E-state index contributed by atoms with van der Waals surface area (Å²) in [7, 11) is 0. The molecule has 21 heavy (non-hydrogen) atoms. The molecule has 2 atom stereocenters. The molecular weight excluding hydrogens is 260 g/mol. The molecule has 2 aliphatic heterocycles. The first-order valence-electron chi connectivity index (χ1n) is 8.46. The highest BCUT2D eigenvalue weighted by molar-refractivity contribution is 5.26. The molecule has 0 bridgehead atoms. The lowest BCUT2D eigenvalue weighted by Crippen LogP contribution is -2.44. The van der Waals surface area contributed by atoms with Crippen LogP contribution in [0.4, 0.5) is 0 Å². The minimum Gasteiger partial charge on any atom is -0.492 e. The monoisotopic (exact) mass is 288 g/mol. The van der Waals surface area contributed by atoms with Crippen LogP contribution in [-0.4, -0.2) is 43.7 Å². The van der Waals surface area contributed by atoms with E-state index in [4.69, 9.17) is 4.74 Å². The van der Waals surface area contributed by atoms with Crippen LogP contribution in [0.15, 0.2) is 24.3 Å². The van der Waals surface area contributed by atoms with Gasteiger partial charge in [0.15, 0.2) is 0 Å². The number of likely N-dealkylation sites (tertiary alicyclic amines) is 1. The minimum atomic E-state index is 0.769. The number of nitrogens with one attached hydrogen (secondary N) is 1. The third-order valence-electron chi connectivity index (χ3n) is 4.91. The normalized spacial score (nSPS) is 26.9. The molecule has 2 saturated heterocycles. The van der Waals surface area contributed by atoms with Crippen molar-refractivity contribution in [2.24, 2.45) is 5.92 Å². The standard InChI is InChI=1S/C18H28N2O/c1-15-6-8-17(9-7-15)21-13-12-20-11-3-4-16(14-20)18-5-2-10-19-18/h6-9,16,18-19H,2-5,10-14H2,1H3. The Morgan fingerprint density at radius 3 is 2.81 bits per heavy atom. The van der Waals surface area contributed by atoms with Gasteiger partial charge in [0.25, 0.3) is 0 Å². The highest BCUT2D eigenvalue weighted by Gasteiger charge is 2.28. The Balaban J connectivity index is 1.41. The van der Waals surface area contributed by atoms with E-state index in [1.807, 2.05) is 0 Å². The van der Waals surface area contributed by atoms with Gasteiger partial charge in [-0.15, -0.1) is 0 Å². The number of benzene rings is 1. The van der Waals surface area contributed by atoms with Crippen LogP contribution in [0.1, 0.15) is 31.2 Å². The maximum absolute atomic E-state index is 5.87. The van der Waals surface area contributed by atoms with Crippen molar-refractivity contribution in [3.05, 3.63) is 29.8 Å². The first-order valence-corrected chi connectivity index (χ1v) is 8.46. The molecule has 1 aromatic carbocycles. The van der Waals surface area contributed by atoms with Crippen LogP contribution in [0.5, 0.6) is 5.75 Å². The zero-order chi connectivity index (χ0) is 14.5. The van der Waals surface area contributed by atoms with Gasteiger partial charge in [0.2, 0.25) is 0 Å². The van der Waals surface area contributed by atoms with Crippen molar-refractivity contribution in [2.45, 2.75) is 38.6 Å². The van der Waals surface area contributed by atoms with Crippen molar-refractivity contribution >= 4 is 0 Å². The molecule has 0 spiro atoms. The Hall–Kier alpha value is -1.06. The molecule has 0 saturated carbocycles. The fraction of sp³-hybridized carbons (Fsp3) is 0.667. The lowest BCUT2D eigenvalue weighted by atomic mass is 9.90. The molecule has 1 N–H and O–H groups in total. The quantitative estimate of drug-likeness (QED) is 0.901. The SMILES string of the molecule is Cc1ccc(OCCN2CCCC(C3CCCN3)C2)cc1. The predicted octanol–water partition coefficient (Wildman–Crippen LogP) is 2.84. The van der Waals surface area contributed by atoms with Crippen LogP contribution < -0.4 is 10.1 Å². The maximum atomic E-state index is 5.87. The van der Waals surface area contributed by atoms with E-state index in [0.717, 1.165) is 30.9 Å². The number of aryl methyl sites for hydroxylation is 1. The summed E-state index contributed by atoms with van der Waals surface area (Å²) in [5.74, 6) is 1.84. The molecule has 0 radical (unpaired) electrons. The molecule has 2 heterocycles. The van der Waals surface area contributed by atoms with E-state index in [2.05, 4.69) is 41.4 Å². The molecule has 2 aliphatic rings. The smallest absolute Gasteiger partial charge is 0.119 e. The maximum Gasteiger partial charge on any atom is 0.119 e. The topological polar surface area (TPSA) is 24.5 Å². The molecule has 0 aliphatic carbocycles. The second kappa shape index (κ2) is 7.28. The molecule has 3 rings (SSSR count). The van der Waals surface area contributed by atoms with E-state index < -0.39 is 0 Å². The van der Waals surface area contributed by atoms with Crippen molar-refractivity contribution in [1.82, 2.24) is 10.2 Å². The van der Waals surface area contributed by atoms with E-state index in [-0.39, 0.29) is 0 Å². The first-order chi connectivity index (χ1) is 10.3. The Morgan fingerprint density at radius 2 is 2.05 bits per heavy atom. The van der Waals surface area contributed by atoms with E-state index in [9.17, 15) is 0 Å². The summed E-state index contributed by atoms with van der Waals surface area (Å²) in [6.07, 6.45) is 5.47. The lowest BCUT2D eigenvalue weighted by molar-refractivity contribution is 0.130. The molecule has 0 amide bonds. The molecule has 0 aromatic heterocycles. The van der Waals surface area contributed by atoms with Crippen LogP contribution in [-0.2, 0) is 0 Å². The number of hydrogen-bond donors (Lipinski definition) is 1. The fourth-order valence-electron chi connectivity index (χ4n) is 3.66. The molecule has 1 aromatic rings. The molecule has 3 nitrogen and oxygen atoms in total. The van der Waals surface area contributed by atoms with E-state index >= 15 is 0 Å². The number of hydrogen-bond acceptors (Lipinski definition) is 3. The summed E-state index contributed by atoms with van der Waals surface area (Å²) in [5, 5.41) is 3.68. The molecule has 2 unspecified atom stereocenters. The van der Waals surface area contributed by atoms with Gasteiger partial charge in [-0.25, -0.2) is 0 Å².